The molecule has 8 nitrogen and oxygen atoms in total. The number of carbonyl (C=O) groups is 2. The first-order valence-electron chi connectivity index (χ1n) is 10.2. The van der Waals surface area contributed by atoms with Gasteiger partial charge in [-0.25, -0.2) is 8.42 Å². The molecule has 1 atom stereocenters. The molecule has 0 saturated carbocycles. The summed E-state index contributed by atoms with van der Waals surface area (Å²) in [5.41, 5.74) is 1.57. The smallest absolute Gasteiger partial charge is 0.243 e. The molecular formula is C22H28N4O4S. The number of aromatic nitrogens is 1. The number of pyridine rings is 1. The molecule has 2 N–H and O–H groups in total. The highest BCUT2D eigenvalue weighted by Gasteiger charge is 2.39. The van der Waals surface area contributed by atoms with Gasteiger partial charge < -0.3 is 10.6 Å². The van der Waals surface area contributed by atoms with E-state index in [0.29, 0.717) is 5.69 Å². The summed E-state index contributed by atoms with van der Waals surface area (Å²) in [6.45, 7) is 6.65. The predicted molar refractivity (Wildman–Crippen MR) is 117 cm³/mol. The second kappa shape index (κ2) is 9.15. The molecule has 0 radical (unpaired) electrons. The van der Waals surface area contributed by atoms with E-state index in [0.717, 1.165) is 9.87 Å². The highest BCUT2D eigenvalue weighted by molar-refractivity contribution is 7.89. The van der Waals surface area contributed by atoms with E-state index in [9.17, 15) is 18.0 Å². The lowest BCUT2D eigenvalue weighted by molar-refractivity contribution is -0.131. The Morgan fingerprint density at radius 3 is 2.52 bits per heavy atom. The maximum Gasteiger partial charge on any atom is 0.243 e. The largest absolute Gasteiger partial charge is 0.353 e. The fourth-order valence-corrected chi connectivity index (χ4v) is 4.97. The fourth-order valence-electron chi connectivity index (χ4n) is 3.38. The van der Waals surface area contributed by atoms with Crippen LogP contribution >= 0.6 is 0 Å². The second-order valence-electron chi connectivity index (χ2n) is 8.50. The molecule has 1 fully saturated rings. The van der Waals surface area contributed by atoms with Gasteiger partial charge in [0, 0.05) is 19.3 Å². The SMILES string of the molecule is CC(C)(C)c1ccc(S(=O)(=O)N2CCNC(=O)[C@H]2CC(=O)NCc2ccccn2)cc1. The normalized spacial score (nSPS) is 17.8. The minimum absolute atomic E-state index is 0.104. The summed E-state index contributed by atoms with van der Waals surface area (Å²) in [4.78, 5) is 29.2. The number of nitrogens with one attached hydrogen (secondary N) is 2. The van der Waals surface area contributed by atoms with Crippen molar-refractivity contribution < 1.29 is 18.0 Å². The van der Waals surface area contributed by atoms with Gasteiger partial charge in [-0.15, -0.1) is 0 Å². The minimum Gasteiger partial charge on any atom is -0.353 e. The highest BCUT2D eigenvalue weighted by Crippen LogP contribution is 2.26. The van der Waals surface area contributed by atoms with Gasteiger partial charge in [0.2, 0.25) is 21.8 Å². The summed E-state index contributed by atoms with van der Waals surface area (Å²) in [5, 5.41) is 5.36. The van der Waals surface area contributed by atoms with E-state index >= 15 is 0 Å². The number of hydrogen-bond donors (Lipinski definition) is 2. The number of amides is 2. The fraction of sp³-hybridized carbons (Fsp3) is 0.409. The molecule has 2 aromatic rings. The summed E-state index contributed by atoms with van der Waals surface area (Å²) in [5.74, 6) is -0.898. The number of benzene rings is 1. The number of rotatable bonds is 6. The Bertz CT molecular complexity index is 1030. The number of nitrogens with zero attached hydrogens (tertiary/aromatic N) is 2. The summed E-state index contributed by atoms with van der Waals surface area (Å²) in [6.07, 6.45) is 1.35. The van der Waals surface area contributed by atoms with Gasteiger partial charge in [-0.1, -0.05) is 39.0 Å². The Hall–Kier alpha value is -2.78. The van der Waals surface area contributed by atoms with Crippen LogP contribution < -0.4 is 10.6 Å². The standard InChI is InChI=1S/C22H28N4O4S/c1-22(2,3)16-7-9-18(10-8-16)31(29,30)26-13-12-24-21(28)19(26)14-20(27)25-15-17-6-4-5-11-23-17/h4-11,19H,12-15H2,1-3H3,(H,24,28)(H,25,27)/t19-/m1/s1. The predicted octanol–water partition coefficient (Wildman–Crippen LogP) is 1.57. The summed E-state index contributed by atoms with van der Waals surface area (Å²) >= 11 is 0. The third-order valence-electron chi connectivity index (χ3n) is 5.18. The van der Waals surface area contributed by atoms with Crippen LogP contribution in [0, 0.1) is 0 Å². The molecule has 1 aliphatic heterocycles. The highest BCUT2D eigenvalue weighted by atomic mass is 32.2. The van der Waals surface area contributed by atoms with E-state index in [1.165, 1.54) is 0 Å². The maximum atomic E-state index is 13.3. The number of piperazine rings is 1. The van der Waals surface area contributed by atoms with E-state index in [2.05, 4.69) is 15.6 Å². The molecule has 1 saturated heterocycles. The Morgan fingerprint density at radius 2 is 1.90 bits per heavy atom. The summed E-state index contributed by atoms with van der Waals surface area (Å²) in [6, 6.07) is 10.9. The first-order chi connectivity index (χ1) is 14.6. The van der Waals surface area contributed by atoms with Gasteiger partial charge >= 0.3 is 0 Å². The number of sulfonamides is 1. The van der Waals surface area contributed by atoms with Crippen LogP contribution in [0.3, 0.4) is 0 Å². The molecule has 1 aliphatic rings. The lowest BCUT2D eigenvalue weighted by atomic mass is 9.87. The van der Waals surface area contributed by atoms with Crippen molar-refractivity contribution in [1.82, 2.24) is 19.9 Å². The zero-order valence-corrected chi connectivity index (χ0v) is 18.8. The van der Waals surface area contributed by atoms with E-state index in [1.54, 1.807) is 42.6 Å². The zero-order chi connectivity index (χ0) is 22.6. The molecule has 0 bridgehead atoms. The van der Waals surface area contributed by atoms with Crippen molar-refractivity contribution in [3.8, 4) is 0 Å². The van der Waals surface area contributed by atoms with E-state index in [1.807, 2.05) is 26.8 Å². The van der Waals surface area contributed by atoms with Gasteiger partial charge in [0.25, 0.3) is 0 Å². The van der Waals surface area contributed by atoms with E-state index < -0.39 is 27.9 Å². The lowest BCUT2D eigenvalue weighted by Crippen LogP contribution is -2.58. The average Bonchev–Trinajstić information content (AvgIpc) is 2.74. The van der Waals surface area contributed by atoms with Gasteiger partial charge in [0.15, 0.2) is 0 Å². The molecule has 3 rings (SSSR count). The number of carbonyl (C=O) groups excluding carboxylic acids is 2. The summed E-state index contributed by atoms with van der Waals surface area (Å²) < 4.78 is 27.7. The van der Waals surface area contributed by atoms with Crippen molar-refractivity contribution in [3.05, 3.63) is 59.9 Å². The van der Waals surface area contributed by atoms with Crippen LogP contribution in [0.5, 0.6) is 0 Å². The van der Waals surface area contributed by atoms with Crippen molar-refractivity contribution in [2.45, 2.75) is 50.1 Å². The molecule has 2 amide bonds. The van der Waals surface area contributed by atoms with E-state index in [-0.39, 0.29) is 36.4 Å². The van der Waals surface area contributed by atoms with Crippen molar-refractivity contribution in [2.75, 3.05) is 13.1 Å². The molecule has 9 heteroatoms. The van der Waals surface area contributed by atoms with Crippen LogP contribution in [0.15, 0.2) is 53.6 Å². The molecule has 0 spiro atoms. The number of hydrogen-bond acceptors (Lipinski definition) is 5. The first-order valence-corrected chi connectivity index (χ1v) is 11.6. The zero-order valence-electron chi connectivity index (χ0n) is 18.0. The Balaban J connectivity index is 1.76. The van der Waals surface area contributed by atoms with Gasteiger partial charge in [-0.3, -0.25) is 14.6 Å². The van der Waals surface area contributed by atoms with Crippen molar-refractivity contribution >= 4 is 21.8 Å². The maximum absolute atomic E-state index is 13.3. The van der Waals surface area contributed by atoms with Crippen LogP contribution in [-0.2, 0) is 31.6 Å². The molecule has 1 aromatic heterocycles. The van der Waals surface area contributed by atoms with Crippen LogP contribution in [0.25, 0.3) is 0 Å². The van der Waals surface area contributed by atoms with E-state index in [4.69, 9.17) is 0 Å². The Morgan fingerprint density at radius 1 is 1.19 bits per heavy atom. The molecule has 166 valence electrons. The minimum atomic E-state index is -3.94. The topological polar surface area (TPSA) is 108 Å². The quantitative estimate of drug-likeness (QED) is 0.703. The average molecular weight is 445 g/mol. The molecule has 1 aromatic carbocycles. The molecule has 0 aliphatic carbocycles. The molecule has 0 unspecified atom stereocenters. The third-order valence-corrected chi connectivity index (χ3v) is 7.10. The Labute approximate surface area is 183 Å². The van der Waals surface area contributed by atoms with Crippen molar-refractivity contribution in [2.24, 2.45) is 0 Å². The second-order valence-corrected chi connectivity index (χ2v) is 10.4. The van der Waals surface area contributed by atoms with Gasteiger partial charge in [-0.05, 0) is 35.2 Å². The molecular weight excluding hydrogens is 416 g/mol. The third kappa shape index (κ3) is 5.48. The molecule has 31 heavy (non-hydrogen) atoms. The van der Waals surface area contributed by atoms with Crippen LogP contribution in [0.2, 0.25) is 0 Å². The van der Waals surface area contributed by atoms with Crippen LogP contribution in [-0.4, -0.2) is 48.7 Å². The van der Waals surface area contributed by atoms with Gasteiger partial charge in [0.05, 0.1) is 23.6 Å². The first kappa shape index (κ1) is 22.9. The van der Waals surface area contributed by atoms with Crippen LogP contribution in [0.1, 0.15) is 38.4 Å². The van der Waals surface area contributed by atoms with Crippen molar-refractivity contribution in [3.63, 3.8) is 0 Å². The molecule has 2 heterocycles. The monoisotopic (exact) mass is 444 g/mol. The Kier molecular flexibility index (Phi) is 6.76. The van der Waals surface area contributed by atoms with Crippen molar-refractivity contribution in [1.29, 1.82) is 0 Å². The van der Waals surface area contributed by atoms with Crippen LogP contribution in [0.4, 0.5) is 0 Å². The van der Waals surface area contributed by atoms with Gasteiger partial charge in [-0.2, -0.15) is 4.31 Å². The van der Waals surface area contributed by atoms with Gasteiger partial charge in [0.1, 0.15) is 6.04 Å². The lowest BCUT2D eigenvalue weighted by Gasteiger charge is -2.33. The summed E-state index contributed by atoms with van der Waals surface area (Å²) in [7, 11) is -3.94.